The molecule has 1 aromatic heterocycles. The third-order valence-corrected chi connectivity index (χ3v) is 1.88. The topological polar surface area (TPSA) is 28.8 Å². The van der Waals surface area contributed by atoms with Gasteiger partial charge in [-0.25, -0.2) is 0 Å². The van der Waals surface area contributed by atoms with Crippen LogP contribution < -0.4 is 21.7 Å². The molecule has 0 aliphatic heterocycles. The van der Waals surface area contributed by atoms with Crippen molar-refractivity contribution in [1.82, 2.24) is 4.37 Å². The van der Waals surface area contributed by atoms with Gasteiger partial charge in [-0.15, -0.1) is 0 Å². The molecule has 1 aromatic rings. The van der Waals surface area contributed by atoms with Gasteiger partial charge in [-0.2, -0.15) is 3.96 Å². The number of nitrogens with one attached hydrogen (secondary N) is 1. The molecular weight excluding hydrogens is 182 g/mol. The maximum absolute atomic E-state index is 4.02. The van der Waals surface area contributed by atoms with E-state index in [4.69, 9.17) is 0 Å². The average molecular weight is 194 g/mol. The Morgan fingerprint density at radius 3 is 2.91 bits per heavy atom. The zero-order chi connectivity index (χ0) is 7.40. The summed E-state index contributed by atoms with van der Waals surface area (Å²) in [5, 5.41) is 3.25. The summed E-state index contributed by atoms with van der Waals surface area (Å²) in [6, 6.07) is 0. The standard InChI is InChI=1S/C6H11N3S.ClH/c1-3-4-7-6-5-8-10-9(6)2;/h5H,3-4H2,1-2H3;1H. The molecule has 0 unspecified atom stereocenters. The summed E-state index contributed by atoms with van der Waals surface area (Å²) in [6.07, 6.45) is 3.00. The Morgan fingerprint density at radius 1 is 1.73 bits per heavy atom. The molecule has 0 aliphatic carbocycles. The van der Waals surface area contributed by atoms with Gasteiger partial charge in [0.1, 0.15) is 0 Å². The Morgan fingerprint density at radius 2 is 2.45 bits per heavy atom. The molecular formula is C6H12ClN3S. The Bertz CT molecular complexity index is 201. The highest BCUT2D eigenvalue weighted by Crippen LogP contribution is 1.97. The Balaban J connectivity index is 0.000001000. The fourth-order valence-corrected chi connectivity index (χ4v) is 1.17. The fourth-order valence-electron chi connectivity index (χ4n) is 0.680. The van der Waals surface area contributed by atoms with E-state index in [1.165, 1.54) is 11.7 Å². The normalized spacial score (nSPS) is 8.91. The summed E-state index contributed by atoms with van der Waals surface area (Å²) < 4.78 is 6.03. The van der Waals surface area contributed by atoms with Crippen molar-refractivity contribution in [2.24, 2.45) is 7.05 Å². The number of rotatable bonds is 3. The van der Waals surface area contributed by atoms with Crippen LogP contribution in [-0.2, 0) is 7.05 Å². The van der Waals surface area contributed by atoms with Crippen LogP contribution in [0.3, 0.4) is 0 Å². The second-order valence-electron chi connectivity index (χ2n) is 2.13. The molecule has 64 valence electrons. The number of hydrogen-bond acceptors (Lipinski definition) is 3. The highest BCUT2D eigenvalue weighted by Gasteiger charge is 2.04. The van der Waals surface area contributed by atoms with Crippen molar-refractivity contribution in [3.05, 3.63) is 6.20 Å². The number of hydrogen-bond donors (Lipinski definition) is 1. The molecule has 0 aliphatic rings. The summed E-state index contributed by atoms with van der Waals surface area (Å²) >= 11 is 1.46. The number of nitrogens with zero attached hydrogens (tertiary/aromatic N) is 2. The highest BCUT2D eigenvalue weighted by atomic mass is 35.5. The molecule has 0 bridgehead atoms. The lowest BCUT2D eigenvalue weighted by molar-refractivity contribution is -0.586. The number of aromatic nitrogens is 2. The van der Waals surface area contributed by atoms with Crippen molar-refractivity contribution in [1.29, 1.82) is 0 Å². The summed E-state index contributed by atoms with van der Waals surface area (Å²) in [5.41, 5.74) is 0. The molecule has 1 N–H and O–H groups in total. The molecule has 0 radical (unpaired) electrons. The summed E-state index contributed by atoms with van der Waals surface area (Å²) in [4.78, 5) is 0. The SMILES string of the molecule is CCCNc1cns[n+]1C.[Cl-]. The molecule has 0 spiro atoms. The monoisotopic (exact) mass is 193 g/mol. The molecule has 11 heavy (non-hydrogen) atoms. The Hall–Kier alpha value is -0.350. The van der Waals surface area contributed by atoms with Crippen molar-refractivity contribution >= 4 is 17.5 Å². The molecule has 0 fully saturated rings. The minimum absolute atomic E-state index is 0. The number of halogens is 1. The quantitative estimate of drug-likeness (QED) is 0.552. The maximum atomic E-state index is 4.02. The van der Waals surface area contributed by atoms with E-state index in [1.807, 2.05) is 17.2 Å². The lowest BCUT2D eigenvalue weighted by Crippen LogP contribution is -3.00. The van der Waals surface area contributed by atoms with Crippen LogP contribution in [0.25, 0.3) is 0 Å². The van der Waals surface area contributed by atoms with Gasteiger partial charge in [-0.3, -0.25) is 0 Å². The van der Waals surface area contributed by atoms with E-state index in [2.05, 4.69) is 16.6 Å². The van der Waals surface area contributed by atoms with Crippen LogP contribution in [0.2, 0.25) is 0 Å². The molecule has 3 nitrogen and oxygen atoms in total. The van der Waals surface area contributed by atoms with Crippen molar-refractivity contribution < 1.29 is 16.4 Å². The molecule has 0 aromatic carbocycles. The van der Waals surface area contributed by atoms with Crippen LogP contribution in [0.5, 0.6) is 0 Å². The van der Waals surface area contributed by atoms with Crippen LogP contribution in [0.4, 0.5) is 5.82 Å². The molecule has 1 heterocycles. The Labute approximate surface area is 77.2 Å². The first kappa shape index (κ1) is 10.7. The van der Waals surface area contributed by atoms with Gasteiger partial charge in [-0.1, -0.05) is 6.92 Å². The van der Waals surface area contributed by atoms with Crippen molar-refractivity contribution in [3.63, 3.8) is 0 Å². The van der Waals surface area contributed by atoms with Gasteiger partial charge in [0.25, 0.3) is 5.82 Å². The minimum Gasteiger partial charge on any atom is -1.00 e. The van der Waals surface area contributed by atoms with E-state index in [-0.39, 0.29) is 12.4 Å². The average Bonchev–Trinajstić information content (AvgIpc) is 2.31. The lowest BCUT2D eigenvalue weighted by atomic mass is 10.5. The first-order valence-electron chi connectivity index (χ1n) is 3.39. The van der Waals surface area contributed by atoms with Gasteiger partial charge < -0.3 is 17.7 Å². The summed E-state index contributed by atoms with van der Waals surface area (Å²) in [5.74, 6) is 1.10. The maximum Gasteiger partial charge on any atom is 0.268 e. The van der Waals surface area contributed by atoms with E-state index in [1.54, 1.807) is 0 Å². The fraction of sp³-hybridized carbons (Fsp3) is 0.667. The smallest absolute Gasteiger partial charge is 0.268 e. The van der Waals surface area contributed by atoms with Gasteiger partial charge in [0.15, 0.2) is 6.20 Å². The largest absolute Gasteiger partial charge is 1.00 e. The van der Waals surface area contributed by atoms with Crippen LogP contribution in [0, 0.1) is 0 Å². The predicted molar refractivity (Wildman–Crippen MR) is 42.1 cm³/mol. The zero-order valence-electron chi connectivity index (χ0n) is 6.67. The van der Waals surface area contributed by atoms with Gasteiger partial charge in [0.05, 0.1) is 13.6 Å². The first-order chi connectivity index (χ1) is 4.84. The second kappa shape index (κ2) is 5.32. The molecule has 1 rings (SSSR count). The van der Waals surface area contributed by atoms with Crippen molar-refractivity contribution in [3.8, 4) is 0 Å². The van der Waals surface area contributed by atoms with Crippen LogP contribution in [0.1, 0.15) is 13.3 Å². The number of aryl methyl sites for hydroxylation is 1. The van der Waals surface area contributed by atoms with E-state index >= 15 is 0 Å². The third-order valence-electron chi connectivity index (χ3n) is 1.24. The van der Waals surface area contributed by atoms with Gasteiger partial charge in [-0.05, 0) is 10.8 Å². The molecule has 0 atom stereocenters. The molecule has 5 heteroatoms. The van der Waals surface area contributed by atoms with Crippen molar-refractivity contribution in [2.45, 2.75) is 13.3 Å². The van der Waals surface area contributed by atoms with Gasteiger partial charge in [0.2, 0.25) is 11.7 Å². The predicted octanol–water partition coefficient (Wildman–Crippen LogP) is -2.21. The van der Waals surface area contributed by atoms with Crippen molar-refractivity contribution in [2.75, 3.05) is 11.9 Å². The molecule has 0 amide bonds. The van der Waals surface area contributed by atoms with Crippen LogP contribution >= 0.6 is 11.7 Å². The van der Waals surface area contributed by atoms with E-state index < -0.39 is 0 Å². The van der Waals surface area contributed by atoms with E-state index in [0.717, 1.165) is 18.8 Å². The number of anilines is 1. The van der Waals surface area contributed by atoms with Crippen LogP contribution in [-0.4, -0.2) is 10.9 Å². The van der Waals surface area contributed by atoms with E-state index in [9.17, 15) is 0 Å². The van der Waals surface area contributed by atoms with Gasteiger partial charge in [0, 0.05) is 0 Å². The van der Waals surface area contributed by atoms with Crippen LogP contribution in [0.15, 0.2) is 6.20 Å². The summed E-state index contributed by atoms with van der Waals surface area (Å²) in [6.45, 7) is 3.17. The van der Waals surface area contributed by atoms with E-state index in [0.29, 0.717) is 0 Å². The Kier molecular flexibility index (Phi) is 5.15. The van der Waals surface area contributed by atoms with Gasteiger partial charge >= 0.3 is 0 Å². The summed E-state index contributed by atoms with van der Waals surface area (Å²) in [7, 11) is 2.00. The lowest BCUT2D eigenvalue weighted by Gasteiger charge is -1.93. The third kappa shape index (κ3) is 3.03. The second-order valence-corrected chi connectivity index (χ2v) is 3.05. The first-order valence-corrected chi connectivity index (χ1v) is 4.12. The highest BCUT2D eigenvalue weighted by molar-refractivity contribution is 6.94. The molecule has 0 saturated carbocycles. The zero-order valence-corrected chi connectivity index (χ0v) is 8.24. The molecule has 0 saturated heterocycles. The minimum atomic E-state index is 0.